The van der Waals surface area contributed by atoms with E-state index in [4.69, 9.17) is 14.6 Å². The van der Waals surface area contributed by atoms with E-state index in [9.17, 15) is 0 Å². The van der Waals surface area contributed by atoms with Gasteiger partial charge in [-0.2, -0.15) is 0 Å². The van der Waals surface area contributed by atoms with Crippen LogP contribution in [0.1, 0.15) is 24.4 Å². The molecule has 0 aliphatic carbocycles. The molecule has 1 fully saturated rings. The zero-order valence-electron chi connectivity index (χ0n) is 12.2. The van der Waals surface area contributed by atoms with Crippen LogP contribution in [0.3, 0.4) is 0 Å². The Bertz CT molecular complexity index is 428. The topological polar surface area (TPSA) is 67.7 Å². The highest BCUT2D eigenvalue weighted by Gasteiger charge is 2.22. The van der Waals surface area contributed by atoms with Gasteiger partial charge in [-0.1, -0.05) is 0 Å². The molecule has 2 rings (SSSR count). The number of ether oxygens (including phenoxy) is 2. The van der Waals surface area contributed by atoms with Crippen LogP contribution in [-0.4, -0.2) is 54.6 Å². The summed E-state index contributed by atoms with van der Waals surface area (Å²) >= 11 is 0. The summed E-state index contributed by atoms with van der Waals surface area (Å²) in [7, 11) is 1.64. The van der Waals surface area contributed by atoms with Crippen molar-refractivity contribution in [3.63, 3.8) is 0 Å². The number of aliphatic hydroxyl groups is 1. The Labute approximate surface area is 119 Å². The lowest BCUT2D eigenvalue weighted by Crippen LogP contribution is -2.40. The molecular formula is C14H23N3O3. The van der Waals surface area contributed by atoms with Crippen molar-refractivity contribution in [3.05, 3.63) is 17.6 Å². The van der Waals surface area contributed by atoms with E-state index >= 15 is 0 Å². The van der Waals surface area contributed by atoms with Gasteiger partial charge in [0.15, 0.2) is 5.82 Å². The number of nitrogens with zero attached hydrogens (tertiary/aromatic N) is 3. The van der Waals surface area contributed by atoms with Gasteiger partial charge in [-0.3, -0.25) is 0 Å². The quantitative estimate of drug-likeness (QED) is 0.836. The number of aromatic nitrogens is 2. The van der Waals surface area contributed by atoms with E-state index in [0.29, 0.717) is 19.0 Å². The van der Waals surface area contributed by atoms with Crippen LogP contribution in [0.4, 0.5) is 5.82 Å². The maximum Gasteiger partial charge on any atom is 0.156 e. The van der Waals surface area contributed by atoms with Gasteiger partial charge in [-0.15, -0.1) is 0 Å². The van der Waals surface area contributed by atoms with Crippen LogP contribution >= 0.6 is 0 Å². The average molecular weight is 281 g/mol. The van der Waals surface area contributed by atoms with Gasteiger partial charge >= 0.3 is 0 Å². The fraction of sp³-hybridized carbons (Fsp3) is 0.714. The molecule has 1 aromatic rings. The van der Waals surface area contributed by atoms with Crippen LogP contribution in [0.15, 0.2) is 6.07 Å². The minimum atomic E-state index is 0.0705. The van der Waals surface area contributed by atoms with Gasteiger partial charge in [0.1, 0.15) is 12.4 Å². The predicted molar refractivity (Wildman–Crippen MR) is 75.8 cm³/mol. The molecule has 0 bridgehead atoms. The number of rotatable bonds is 6. The average Bonchev–Trinajstić information content (AvgIpc) is 2.45. The second-order valence-corrected chi connectivity index (χ2v) is 5.02. The molecule has 6 nitrogen and oxygen atoms in total. The van der Waals surface area contributed by atoms with E-state index in [0.717, 1.165) is 37.4 Å². The number of hydrogen-bond donors (Lipinski definition) is 1. The molecule has 1 atom stereocenters. The van der Waals surface area contributed by atoms with Crippen molar-refractivity contribution in [3.8, 4) is 0 Å². The first-order chi connectivity index (χ1) is 9.72. The molecule has 0 unspecified atom stereocenters. The Kier molecular flexibility index (Phi) is 5.70. The van der Waals surface area contributed by atoms with Gasteiger partial charge in [0, 0.05) is 32.0 Å². The lowest BCUT2D eigenvalue weighted by atomic mass is 10.1. The van der Waals surface area contributed by atoms with Crippen LogP contribution in [0, 0.1) is 6.92 Å². The van der Waals surface area contributed by atoms with Crippen molar-refractivity contribution >= 4 is 5.82 Å². The number of methoxy groups -OCH3 is 1. The number of aliphatic hydroxyl groups excluding tert-OH is 1. The highest BCUT2D eigenvalue weighted by molar-refractivity contribution is 5.40. The van der Waals surface area contributed by atoms with E-state index in [1.807, 2.05) is 13.0 Å². The molecule has 0 radical (unpaired) electrons. The van der Waals surface area contributed by atoms with Gasteiger partial charge in [0.2, 0.25) is 0 Å². The molecule has 20 heavy (non-hydrogen) atoms. The van der Waals surface area contributed by atoms with Gasteiger partial charge in [0.05, 0.1) is 19.3 Å². The van der Waals surface area contributed by atoms with Gasteiger partial charge in [-0.25, -0.2) is 9.97 Å². The SMILES string of the molecule is COCc1nc(C)cc(N2CCC[C@H](OCCO)C2)n1. The molecule has 0 saturated carbocycles. The first-order valence-corrected chi connectivity index (χ1v) is 7.04. The Morgan fingerprint density at radius 1 is 1.45 bits per heavy atom. The molecule has 2 heterocycles. The summed E-state index contributed by atoms with van der Waals surface area (Å²) in [4.78, 5) is 11.1. The van der Waals surface area contributed by atoms with Crippen molar-refractivity contribution in [2.75, 3.05) is 38.3 Å². The maximum atomic E-state index is 8.84. The molecule has 0 spiro atoms. The van der Waals surface area contributed by atoms with Crippen LogP contribution in [0.25, 0.3) is 0 Å². The molecule has 1 aromatic heterocycles. The first kappa shape index (κ1) is 15.2. The molecule has 1 N–H and O–H groups in total. The molecule has 112 valence electrons. The Morgan fingerprint density at radius 2 is 2.30 bits per heavy atom. The summed E-state index contributed by atoms with van der Waals surface area (Å²) in [6, 6.07) is 1.99. The van der Waals surface area contributed by atoms with Crippen LogP contribution < -0.4 is 4.90 Å². The molecule has 0 aromatic carbocycles. The zero-order valence-corrected chi connectivity index (χ0v) is 12.2. The Morgan fingerprint density at radius 3 is 3.05 bits per heavy atom. The van der Waals surface area contributed by atoms with Crippen molar-refractivity contribution in [1.82, 2.24) is 9.97 Å². The summed E-state index contributed by atoms with van der Waals surface area (Å²) in [5.41, 5.74) is 0.945. The van der Waals surface area contributed by atoms with Crippen molar-refractivity contribution in [2.45, 2.75) is 32.5 Å². The standard InChI is InChI=1S/C14H23N3O3/c1-11-8-14(16-13(15-11)10-19-2)17-5-3-4-12(9-17)20-7-6-18/h8,12,18H,3-7,9-10H2,1-2H3/t12-/m0/s1. The minimum absolute atomic E-state index is 0.0705. The van der Waals surface area contributed by atoms with E-state index in [1.165, 1.54) is 0 Å². The molecular weight excluding hydrogens is 258 g/mol. The third-order valence-electron chi connectivity index (χ3n) is 3.31. The van der Waals surface area contributed by atoms with Crippen LogP contribution in [-0.2, 0) is 16.1 Å². The van der Waals surface area contributed by atoms with Crippen LogP contribution in [0.5, 0.6) is 0 Å². The molecule has 1 aliphatic rings. The van der Waals surface area contributed by atoms with E-state index < -0.39 is 0 Å². The monoisotopic (exact) mass is 281 g/mol. The van der Waals surface area contributed by atoms with E-state index in [-0.39, 0.29) is 12.7 Å². The third kappa shape index (κ3) is 4.13. The van der Waals surface area contributed by atoms with Crippen molar-refractivity contribution in [1.29, 1.82) is 0 Å². The van der Waals surface area contributed by atoms with Gasteiger partial charge in [0.25, 0.3) is 0 Å². The maximum absolute atomic E-state index is 8.84. The smallest absolute Gasteiger partial charge is 0.156 e. The van der Waals surface area contributed by atoms with Gasteiger partial charge < -0.3 is 19.5 Å². The minimum Gasteiger partial charge on any atom is -0.394 e. The number of hydrogen-bond acceptors (Lipinski definition) is 6. The number of piperidine rings is 1. The zero-order chi connectivity index (χ0) is 14.4. The van der Waals surface area contributed by atoms with Crippen molar-refractivity contribution in [2.24, 2.45) is 0 Å². The van der Waals surface area contributed by atoms with Crippen molar-refractivity contribution < 1.29 is 14.6 Å². The largest absolute Gasteiger partial charge is 0.394 e. The highest BCUT2D eigenvalue weighted by atomic mass is 16.5. The first-order valence-electron chi connectivity index (χ1n) is 7.04. The molecule has 6 heteroatoms. The summed E-state index contributed by atoms with van der Waals surface area (Å²) in [6.45, 7) is 4.64. The number of aryl methyl sites for hydroxylation is 1. The molecule has 1 aliphatic heterocycles. The van der Waals surface area contributed by atoms with E-state index in [2.05, 4.69) is 14.9 Å². The second-order valence-electron chi connectivity index (χ2n) is 5.02. The van der Waals surface area contributed by atoms with E-state index in [1.54, 1.807) is 7.11 Å². The molecule has 1 saturated heterocycles. The number of anilines is 1. The summed E-state index contributed by atoms with van der Waals surface area (Å²) < 4.78 is 10.7. The van der Waals surface area contributed by atoms with Gasteiger partial charge in [-0.05, 0) is 19.8 Å². The second kappa shape index (κ2) is 7.52. The summed E-state index contributed by atoms with van der Waals surface area (Å²) in [5.74, 6) is 1.64. The summed E-state index contributed by atoms with van der Waals surface area (Å²) in [5, 5.41) is 8.84. The lowest BCUT2D eigenvalue weighted by molar-refractivity contribution is 0.0213. The fourth-order valence-electron chi connectivity index (χ4n) is 2.47. The fourth-order valence-corrected chi connectivity index (χ4v) is 2.47. The molecule has 0 amide bonds. The van der Waals surface area contributed by atoms with Crippen LogP contribution in [0.2, 0.25) is 0 Å². The summed E-state index contributed by atoms with van der Waals surface area (Å²) in [6.07, 6.45) is 2.27. The predicted octanol–water partition coefficient (Wildman–Crippen LogP) is 0.909. The lowest BCUT2D eigenvalue weighted by Gasteiger charge is -2.33. The Balaban J connectivity index is 2.05. The highest BCUT2D eigenvalue weighted by Crippen LogP contribution is 2.20. The third-order valence-corrected chi connectivity index (χ3v) is 3.31. The normalized spacial score (nSPS) is 19.4. The Hall–Kier alpha value is -1.24.